The van der Waals surface area contributed by atoms with Crippen LogP contribution in [0, 0.1) is 0 Å². The van der Waals surface area contributed by atoms with E-state index in [0.29, 0.717) is 0 Å². The van der Waals surface area contributed by atoms with Gasteiger partial charge >= 0.3 is 0 Å². The van der Waals surface area contributed by atoms with Crippen LogP contribution in [0.15, 0.2) is 97.2 Å². The second-order valence-electron chi connectivity index (χ2n) is 8.95. The van der Waals surface area contributed by atoms with Crippen molar-refractivity contribution in [2.24, 2.45) is 0 Å². The van der Waals surface area contributed by atoms with Gasteiger partial charge in [-0.25, -0.2) is 0 Å². The third-order valence-corrected chi connectivity index (χ3v) is 6.76. The van der Waals surface area contributed by atoms with Gasteiger partial charge in [-0.05, 0) is 41.5 Å². The molecule has 162 valence electrons. The van der Waals surface area contributed by atoms with Gasteiger partial charge in [0.15, 0.2) is 0 Å². The van der Waals surface area contributed by atoms with Crippen molar-refractivity contribution in [3.05, 3.63) is 108 Å². The van der Waals surface area contributed by atoms with Crippen LogP contribution in [-0.4, -0.2) is 15.8 Å². The van der Waals surface area contributed by atoms with Crippen molar-refractivity contribution < 1.29 is 5.11 Å². The summed E-state index contributed by atoms with van der Waals surface area (Å²) in [5.41, 5.74) is 7.59. The number of aromatic nitrogens is 1. The number of aliphatic hydroxyl groups excluding tert-OH is 1. The molecule has 0 unspecified atom stereocenters. The molecule has 5 rings (SSSR count). The number of aliphatic hydroxyl groups is 1. The van der Waals surface area contributed by atoms with E-state index in [1.807, 2.05) is 0 Å². The summed E-state index contributed by atoms with van der Waals surface area (Å²) < 4.78 is 2.41. The predicted octanol–water partition coefficient (Wildman–Crippen LogP) is 7.28. The van der Waals surface area contributed by atoms with E-state index in [0.717, 1.165) is 25.7 Å². The van der Waals surface area contributed by atoms with Crippen LogP contribution in [-0.2, 0) is 6.42 Å². The Labute approximate surface area is 191 Å². The summed E-state index contributed by atoms with van der Waals surface area (Å²) in [6.45, 7) is 0. The first-order valence-corrected chi connectivity index (χ1v) is 11.9. The second kappa shape index (κ2) is 9.58. The molecule has 1 saturated carbocycles. The molecule has 32 heavy (non-hydrogen) atoms. The standard InChI is InChI=1S/C30H31NO/c32-28-20-12-4-11-19-27(28)31-22-26(21-23-13-5-1-6-14-23)29(24-15-7-2-8-16-24)30(31)25-17-9-3-10-18-25/h1-3,5-10,13-18,22,27-28,32H,4,11-12,19-21H2/t27-,28+/m1/s1. The van der Waals surface area contributed by atoms with Crippen LogP contribution >= 0.6 is 0 Å². The van der Waals surface area contributed by atoms with E-state index >= 15 is 0 Å². The highest BCUT2D eigenvalue weighted by Gasteiger charge is 2.28. The van der Waals surface area contributed by atoms with Crippen molar-refractivity contribution in [3.8, 4) is 22.4 Å². The monoisotopic (exact) mass is 421 g/mol. The van der Waals surface area contributed by atoms with Gasteiger partial charge in [-0.15, -0.1) is 0 Å². The first-order valence-electron chi connectivity index (χ1n) is 11.9. The van der Waals surface area contributed by atoms with E-state index in [1.54, 1.807) is 0 Å². The topological polar surface area (TPSA) is 25.2 Å². The van der Waals surface area contributed by atoms with Crippen molar-refractivity contribution in [2.45, 2.75) is 50.7 Å². The van der Waals surface area contributed by atoms with E-state index in [2.05, 4.69) is 102 Å². The van der Waals surface area contributed by atoms with E-state index in [1.165, 1.54) is 46.4 Å². The molecule has 0 bridgehead atoms. The van der Waals surface area contributed by atoms with Crippen LogP contribution in [0.5, 0.6) is 0 Å². The smallest absolute Gasteiger partial charge is 0.0747 e. The molecule has 3 aromatic carbocycles. The van der Waals surface area contributed by atoms with Gasteiger partial charge in [0.25, 0.3) is 0 Å². The third kappa shape index (κ3) is 4.28. The fraction of sp³-hybridized carbons (Fsp3) is 0.267. The summed E-state index contributed by atoms with van der Waals surface area (Å²) in [4.78, 5) is 0. The van der Waals surface area contributed by atoms with Crippen LogP contribution in [0.1, 0.15) is 49.3 Å². The molecule has 0 radical (unpaired) electrons. The number of nitrogens with zero attached hydrogens (tertiary/aromatic N) is 1. The molecule has 0 spiro atoms. The fourth-order valence-electron chi connectivity index (χ4n) is 5.20. The lowest BCUT2D eigenvalue weighted by atomic mass is 9.94. The Balaban J connectivity index is 1.74. The molecule has 1 aliphatic carbocycles. The fourth-order valence-corrected chi connectivity index (χ4v) is 5.20. The van der Waals surface area contributed by atoms with Crippen LogP contribution in [0.2, 0.25) is 0 Å². The zero-order valence-corrected chi connectivity index (χ0v) is 18.5. The first-order chi connectivity index (χ1) is 15.8. The molecule has 1 aliphatic rings. The van der Waals surface area contributed by atoms with Crippen LogP contribution < -0.4 is 0 Å². The molecular formula is C30H31NO. The molecular weight excluding hydrogens is 390 g/mol. The molecule has 0 saturated heterocycles. The number of benzene rings is 3. The summed E-state index contributed by atoms with van der Waals surface area (Å²) in [5, 5.41) is 11.1. The number of hydrogen-bond acceptors (Lipinski definition) is 1. The van der Waals surface area contributed by atoms with Crippen molar-refractivity contribution in [1.29, 1.82) is 0 Å². The maximum Gasteiger partial charge on any atom is 0.0747 e. The zero-order chi connectivity index (χ0) is 21.8. The van der Waals surface area contributed by atoms with Gasteiger partial charge in [0.1, 0.15) is 0 Å². The van der Waals surface area contributed by atoms with Gasteiger partial charge in [-0.1, -0.05) is 110 Å². The van der Waals surface area contributed by atoms with Gasteiger partial charge in [-0.3, -0.25) is 0 Å². The SMILES string of the molecule is O[C@H]1CCCCC[C@H]1n1cc(Cc2ccccc2)c(-c2ccccc2)c1-c1ccccc1. The molecule has 2 heteroatoms. The van der Waals surface area contributed by atoms with E-state index in [4.69, 9.17) is 0 Å². The van der Waals surface area contributed by atoms with Crippen molar-refractivity contribution in [2.75, 3.05) is 0 Å². The first kappa shape index (κ1) is 20.8. The van der Waals surface area contributed by atoms with Crippen molar-refractivity contribution in [1.82, 2.24) is 4.57 Å². The highest BCUT2D eigenvalue weighted by atomic mass is 16.3. The minimum atomic E-state index is -0.305. The van der Waals surface area contributed by atoms with E-state index < -0.39 is 0 Å². The van der Waals surface area contributed by atoms with Crippen LogP contribution in [0.4, 0.5) is 0 Å². The minimum absolute atomic E-state index is 0.111. The zero-order valence-electron chi connectivity index (χ0n) is 18.5. The lowest BCUT2D eigenvalue weighted by Gasteiger charge is -2.25. The summed E-state index contributed by atoms with van der Waals surface area (Å²) in [7, 11) is 0. The Morgan fingerprint density at radius 2 is 1.28 bits per heavy atom. The number of hydrogen-bond donors (Lipinski definition) is 1. The lowest BCUT2D eigenvalue weighted by molar-refractivity contribution is 0.106. The molecule has 0 amide bonds. The van der Waals surface area contributed by atoms with Gasteiger partial charge in [-0.2, -0.15) is 0 Å². The maximum absolute atomic E-state index is 11.1. The quantitative estimate of drug-likeness (QED) is 0.337. The molecule has 4 aromatic rings. The van der Waals surface area contributed by atoms with Gasteiger partial charge in [0.2, 0.25) is 0 Å². The average Bonchev–Trinajstić information content (AvgIpc) is 3.07. The normalized spacial score (nSPS) is 18.9. The van der Waals surface area contributed by atoms with Gasteiger partial charge < -0.3 is 9.67 Å². The Morgan fingerprint density at radius 1 is 0.688 bits per heavy atom. The summed E-state index contributed by atoms with van der Waals surface area (Å²) in [6.07, 6.45) is 8.29. The molecule has 2 nitrogen and oxygen atoms in total. The van der Waals surface area contributed by atoms with Gasteiger partial charge in [0.05, 0.1) is 17.8 Å². The third-order valence-electron chi connectivity index (χ3n) is 6.76. The van der Waals surface area contributed by atoms with Crippen LogP contribution in [0.3, 0.4) is 0 Å². The summed E-state index contributed by atoms with van der Waals surface area (Å²) in [6, 6.07) is 32.3. The second-order valence-corrected chi connectivity index (χ2v) is 8.95. The summed E-state index contributed by atoms with van der Waals surface area (Å²) >= 11 is 0. The van der Waals surface area contributed by atoms with Gasteiger partial charge in [0, 0.05) is 11.8 Å². The highest BCUT2D eigenvalue weighted by molar-refractivity contribution is 5.85. The molecule has 1 heterocycles. The van der Waals surface area contributed by atoms with Crippen molar-refractivity contribution in [3.63, 3.8) is 0 Å². The largest absolute Gasteiger partial charge is 0.391 e. The molecule has 1 aromatic heterocycles. The molecule has 2 atom stereocenters. The molecule has 1 fully saturated rings. The molecule has 0 aliphatic heterocycles. The summed E-state index contributed by atoms with van der Waals surface area (Å²) in [5.74, 6) is 0. The predicted molar refractivity (Wildman–Crippen MR) is 133 cm³/mol. The Hall–Kier alpha value is -3.10. The number of rotatable bonds is 5. The van der Waals surface area contributed by atoms with E-state index in [9.17, 15) is 5.11 Å². The average molecular weight is 422 g/mol. The molecule has 1 N–H and O–H groups in total. The Morgan fingerprint density at radius 3 is 1.97 bits per heavy atom. The Kier molecular flexibility index (Phi) is 6.22. The minimum Gasteiger partial charge on any atom is -0.391 e. The van der Waals surface area contributed by atoms with Crippen LogP contribution in [0.25, 0.3) is 22.4 Å². The maximum atomic E-state index is 11.1. The highest BCUT2D eigenvalue weighted by Crippen LogP contribution is 2.42. The lowest BCUT2D eigenvalue weighted by Crippen LogP contribution is -2.23. The van der Waals surface area contributed by atoms with Crippen molar-refractivity contribution >= 4 is 0 Å². The Bertz CT molecular complexity index is 1130. The van der Waals surface area contributed by atoms with E-state index in [-0.39, 0.29) is 12.1 Å².